The van der Waals surface area contributed by atoms with Crippen molar-refractivity contribution in [1.29, 1.82) is 0 Å². The van der Waals surface area contributed by atoms with Gasteiger partial charge >= 0.3 is 5.97 Å². The third-order valence-corrected chi connectivity index (χ3v) is 3.03. The SMILES string of the molecule is C#Cc1ccsc1C(=O)O.c1cc2cc-2c1. The minimum absolute atomic E-state index is 0.238. The summed E-state index contributed by atoms with van der Waals surface area (Å²) in [5.41, 5.74) is 3.31. The molecule has 0 saturated carbocycles. The lowest BCUT2D eigenvalue weighted by Gasteiger charge is -1.85. The number of hydrogen-bond donors (Lipinski definition) is 1. The van der Waals surface area contributed by atoms with Crippen LogP contribution in [0, 0.1) is 12.3 Å². The summed E-state index contributed by atoms with van der Waals surface area (Å²) < 4.78 is 0. The maximum Gasteiger partial charge on any atom is 0.347 e. The van der Waals surface area contributed by atoms with E-state index >= 15 is 0 Å². The van der Waals surface area contributed by atoms with Crippen molar-refractivity contribution in [3.63, 3.8) is 0 Å². The van der Waals surface area contributed by atoms with Gasteiger partial charge in [0, 0.05) is 5.56 Å². The maximum absolute atomic E-state index is 10.4. The molecule has 0 aliphatic heterocycles. The Morgan fingerprint density at radius 1 is 1.31 bits per heavy atom. The van der Waals surface area contributed by atoms with Crippen LogP contribution in [0.15, 0.2) is 35.7 Å². The largest absolute Gasteiger partial charge is 0.477 e. The number of aromatic carboxylic acids is 1. The minimum atomic E-state index is -0.956. The van der Waals surface area contributed by atoms with Crippen molar-refractivity contribution in [3.05, 3.63) is 46.2 Å². The first-order chi connectivity index (χ1) is 7.72. The standard InChI is InChI=1S/C7H4O2S.C6H4/c1-2-5-3-4-10-6(5)7(8)9;1-2-5-4-6(5)3-1/h1,3-4H,(H,8,9);1-4H. The Balaban J connectivity index is 0.000000134. The van der Waals surface area contributed by atoms with E-state index in [4.69, 9.17) is 11.5 Å². The Morgan fingerprint density at radius 3 is 2.31 bits per heavy atom. The Bertz CT molecular complexity index is 558. The number of terminal acetylenes is 1. The molecule has 1 aromatic rings. The summed E-state index contributed by atoms with van der Waals surface area (Å²) in [6, 6.07) is 10.1. The molecule has 0 spiro atoms. The van der Waals surface area contributed by atoms with Gasteiger partial charge in [-0.25, -0.2) is 4.79 Å². The molecule has 1 heterocycles. The fourth-order valence-electron chi connectivity index (χ4n) is 1.26. The van der Waals surface area contributed by atoms with Gasteiger partial charge in [-0.1, -0.05) is 24.1 Å². The third-order valence-electron chi connectivity index (χ3n) is 2.13. The van der Waals surface area contributed by atoms with Gasteiger partial charge in [0.2, 0.25) is 0 Å². The van der Waals surface area contributed by atoms with Crippen LogP contribution in [0.5, 0.6) is 0 Å². The minimum Gasteiger partial charge on any atom is -0.477 e. The lowest BCUT2D eigenvalue weighted by Crippen LogP contribution is -1.93. The van der Waals surface area contributed by atoms with Crippen molar-refractivity contribution in [2.75, 3.05) is 0 Å². The van der Waals surface area contributed by atoms with Gasteiger partial charge in [0.1, 0.15) is 4.88 Å². The number of benzene rings is 1. The second-order valence-electron chi connectivity index (χ2n) is 3.19. The Hall–Kier alpha value is -2.05. The van der Waals surface area contributed by atoms with E-state index in [0.29, 0.717) is 5.56 Å². The molecule has 0 radical (unpaired) electrons. The highest BCUT2D eigenvalue weighted by Gasteiger charge is 2.08. The van der Waals surface area contributed by atoms with Gasteiger partial charge in [-0.3, -0.25) is 0 Å². The number of carbonyl (C=O) groups is 1. The number of rotatable bonds is 1. The highest BCUT2D eigenvalue weighted by atomic mass is 32.1. The fraction of sp³-hybridized carbons (Fsp3) is 0. The van der Waals surface area contributed by atoms with Crippen molar-refractivity contribution in [2.45, 2.75) is 0 Å². The van der Waals surface area contributed by atoms with Gasteiger partial charge in [-0.05, 0) is 28.6 Å². The molecule has 1 N–H and O–H groups in total. The van der Waals surface area contributed by atoms with E-state index in [0.717, 1.165) is 11.3 Å². The monoisotopic (exact) mass is 228 g/mol. The number of fused-ring (bicyclic) bond motifs is 1. The highest BCUT2D eigenvalue weighted by Crippen LogP contribution is 2.32. The molecule has 0 unspecified atom stereocenters. The highest BCUT2D eigenvalue weighted by molar-refractivity contribution is 7.12. The van der Waals surface area contributed by atoms with Crippen LogP contribution in [0.1, 0.15) is 15.2 Å². The summed E-state index contributed by atoms with van der Waals surface area (Å²) in [7, 11) is 0. The second kappa shape index (κ2) is 4.21. The molecule has 0 fully saturated rings. The van der Waals surface area contributed by atoms with E-state index in [1.807, 2.05) is 0 Å². The summed E-state index contributed by atoms with van der Waals surface area (Å²) in [5.74, 6) is 1.33. The molecular formula is C13H8O2S. The zero-order chi connectivity index (χ0) is 11.5. The summed E-state index contributed by atoms with van der Waals surface area (Å²) in [5, 5.41) is 10.2. The van der Waals surface area contributed by atoms with Gasteiger partial charge in [0.05, 0.1) is 0 Å². The normalized spacial score (nSPS) is 9.69. The van der Waals surface area contributed by atoms with Crippen LogP contribution in [-0.2, 0) is 0 Å². The van der Waals surface area contributed by atoms with E-state index in [1.165, 1.54) is 11.1 Å². The lowest BCUT2D eigenvalue weighted by atomic mass is 10.3. The van der Waals surface area contributed by atoms with Gasteiger partial charge in [-0.2, -0.15) is 0 Å². The molecule has 3 heteroatoms. The zero-order valence-electron chi connectivity index (χ0n) is 8.31. The van der Waals surface area contributed by atoms with Crippen LogP contribution >= 0.6 is 11.3 Å². The average molecular weight is 228 g/mol. The number of carboxylic acids is 1. The van der Waals surface area contributed by atoms with E-state index in [2.05, 4.69) is 30.2 Å². The lowest BCUT2D eigenvalue weighted by molar-refractivity contribution is 0.0702. The van der Waals surface area contributed by atoms with Gasteiger partial charge in [0.25, 0.3) is 0 Å². The third kappa shape index (κ3) is 2.13. The van der Waals surface area contributed by atoms with Crippen LogP contribution in [0.25, 0.3) is 11.1 Å². The summed E-state index contributed by atoms with van der Waals surface area (Å²) in [6.45, 7) is 0. The van der Waals surface area contributed by atoms with Crippen LogP contribution in [0.2, 0.25) is 0 Å². The quantitative estimate of drug-likeness (QED) is 0.650. The smallest absolute Gasteiger partial charge is 0.347 e. The molecule has 2 aliphatic carbocycles. The van der Waals surface area contributed by atoms with Crippen molar-refractivity contribution in [1.82, 2.24) is 0 Å². The Morgan fingerprint density at radius 2 is 2.00 bits per heavy atom. The molecule has 2 aliphatic rings. The zero-order valence-corrected chi connectivity index (χ0v) is 9.12. The number of carboxylic acid groups (broad SMARTS) is 1. The van der Waals surface area contributed by atoms with Crippen LogP contribution in [-0.4, -0.2) is 11.1 Å². The van der Waals surface area contributed by atoms with E-state index in [9.17, 15) is 4.79 Å². The molecule has 0 bridgehead atoms. The first-order valence-electron chi connectivity index (χ1n) is 4.60. The first-order valence-corrected chi connectivity index (χ1v) is 5.48. The molecular weight excluding hydrogens is 220 g/mol. The van der Waals surface area contributed by atoms with E-state index in [1.54, 1.807) is 11.4 Å². The average Bonchev–Trinajstić information content (AvgIpc) is 2.72. The summed E-state index contributed by atoms with van der Waals surface area (Å²) >= 11 is 1.14. The molecule has 0 amide bonds. The van der Waals surface area contributed by atoms with Crippen LogP contribution < -0.4 is 0 Å². The van der Waals surface area contributed by atoms with Gasteiger partial charge in [-0.15, -0.1) is 17.8 Å². The Labute approximate surface area is 97.2 Å². The second-order valence-corrected chi connectivity index (χ2v) is 4.11. The first kappa shape index (κ1) is 10.5. The van der Waals surface area contributed by atoms with Gasteiger partial charge < -0.3 is 5.11 Å². The molecule has 2 nitrogen and oxygen atoms in total. The topological polar surface area (TPSA) is 37.3 Å². The fourth-order valence-corrected chi connectivity index (χ4v) is 1.96. The van der Waals surface area contributed by atoms with Crippen LogP contribution in [0.3, 0.4) is 0 Å². The number of thiophene rings is 1. The van der Waals surface area contributed by atoms with Crippen molar-refractivity contribution in [3.8, 4) is 23.5 Å². The predicted octanol–water partition coefficient (Wildman–Crippen LogP) is 3.09. The van der Waals surface area contributed by atoms with Gasteiger partial charge in [0.15, 0.2) is 0 Å². The molecule has 1 aromatic heterocycles. The molecule has 0 atom stereocenters. The van der Waals surface area contributed by atoms with E-state index in [-0.39, 0.29) is 4.88 Å². The molecule has 16 heavy (non-hydrogen) atoms. The van der Waals surface area contributed by atoms with E-state index < -0.39 is 5.97 Å². The maximum atomic E-state index is 10.4. The molecule has 0 aromatic carbocycles. The summed E-state index contributed by atoms with van der Waals surface area (Å²) in [6.07, 6.45) is 5.03. The van der Waals surface area contributed by atoms with Crippen molar-refractivity contribution < 1.29 is 9.90 Å². The molecule has 0 saturated heterocycles. The molecule has 78 valence electrons. The number of hydrogen-bond acceptors (Lipinski definition) is 2. The van der Waals surface area contributed by atoms with Crippen LogP contribution in [0.4, 0.5) is 0 Å². The molecule has 3 rings (SSSR count). The van der Waals surface area contributed by atoms with Crippen molar-refractivity contribution in [2.24, 2.45) is 0 Å². The summed E-state index contributed by atoms with van der Waals surface area (Å²) in [4.78, 5) is 10.6. The van der Waals surface area contributed by atoms with Crippen molar-refractivity contribution >= 4 is 17.3 Å². The predicted molar refractivity (Wildman–Crippen MR) is 64.6 cm³/mol. The Kier molecular flexibility index (Phi) is 2.76.